The van der Waals surface area contributed by atoms with Crippen LogP contribution in [0.3, 0.4) is 0 Å². The van der Waals surface area contributed by atoms with Crippen LogP contribution in [-0.4, -0.2) is 35.5 Å². The van der Waals surface area contributed by atoms with E-state index in [1.165, 1.54) is 0 Å². The van der Waals surface area contributed by atoms with Gasteiger partial charge in [-0.3, -0.25) is 14.4 Å². The van der Waals surface area contributed by atoms with Gasteiger partial charge in [-0.05, 0) is 67.3 Å². The largest absolute Gasteiger partial charge is 0.484 e. The lowest BCUT2D eigenvalue weighted by Crippen LogP contribution is -2.44. The maximum Gasteiger partial charge on any atom is 0.262 e. The Balaban J connectivity index is 1.44. The Hall–Kier alpha value is -3.67. The lowest BCUT2D eigenvalue weighted by molar-refractivity contribution is -0.120. The molecule has 2 aromatic rings. The van der Waals surface area contributed by atoms with Gasteiger partial charge in [0.05, 0.1) is 0 Å². The van der Waals surface area contributed by atoms with E-state index in [0.29, 0.717) is 18.6 Å². The molecule has 0 radical (unpaired) electrons. The van der Waals surface area contributed by atoms with Crippen molar-refractivity contribution < 1.29 is 19.1 Å². The monoisotopic (exact) mass is 540 g/mol. The van der Waals surface area contributed by atoms with Gasteiger partial charge in [0.2, 0.25) is 0 Å². The summed E-state index contributed by atoms with van der Waals surface area (Å²) in [6, 6.07) is 15.1. The highest BCUT2D eigenvalue weighted by Gasteiger charge is 2.48. The first-order valence-corrected chi connectivity index (χ1v) is 14.3. The SMILES string of the molecule is CCN1C2=C(C(=O)CC(C)(C)C2)C(c2ccc(OCC(=O)Nc3ccc(C)cc3)cc2)C2=C1CC(C)(C)CC2=O. The Kier molecular flexibility index (Phi) is 7.24. The number of hydrogen-bond donors (Lipinski definition) is 1. The molecule has 2 aliphatic carbocycles. The van der Waals surface area contributed by atoms with Crippen molar-refractivity contribution in [1.82, 2.24) is 4.90 Å². The highest BCUT2D eigenvalue weighted by atomic mass is 16.5. The lowest BCUT2D eigenvalue weighted by Gasteiger charge is -2.48. The molecule has 0 bridgehead atoms. The van der Waals surface area contributed by atoms with Crippen molar-refractivity contribution >= 4 is 23.2 Å². The van der Waals surface area contributed by atoms with Crippen LogP contribution in [-0.2, 0) is 14.4 Å². The summed E-state index contributed by atoms with van der Waals surface area (Å²) < 4.78 is 5.77. The van der Waals surface area contributed by atoms with E-state index in [-0.39, 0.29) is 40.8 Å². The van der Waals surface area contributed by atoms with E-state index in [4.69, 9.17) is 4.74 Å². The number of ether oxygens (including phenoxy) is 1. The zero-order valence-corrected chi connectivity index (χ0v) is 24.5. The van der Waals surface area contributed by atoms with Crippen LogP contribution in [0.1, 0.15) is 77.3 Å². The van der Waals surface area contributed by atoms with Crippen molar-refractivity contribution in [3.63, 3.8) is 0 Å². The minimum Gasteiger partial charge on any atom is -0.484 e. The number of hydrogen-bond acceptors (Lipinski definition) is 5. The van der Waals surface area contributed by atoms with Crippen molar-refractivity contribution in [1.29, 1.82) is 0 Å². The third-order valence-electron chi connectivity index (χ3n) is 8.26. The molecule has 0 spiro atoms. The average Bonchev–Trinajstić information content (AvgIpc) is 2.87. The molecule has 6 heteroatoms. The van der Waals surface area contributed by atoms with Crippen LogP contribution in [0.2, 0.25) is 0 Å². The van der Waals surface area contributed by atoms with Gasteiger partial charge < -0.3 is 15.0 Å². The highest BCUT2D eigenvalue weighted by Crippen LogP contribution is 2.54. The summed E-state index contributed by atoms with van der Waals surface area (Å²) in [5, 5.41) is 2.84. The Morgan fingerprint density at radius 1 is 0.850 bits per heavy atom. The number of anilines is 1. The van der Waals surface area contributed by atoms with Crippen LogP contribution in [0, 0.1) is 17.8 Å². The Morgan fingerprint density at radius 3 is 1.88 bits per heavy atom. The summed E-state index contributed by atoms with van der Waals surface area (Å²) >= 11 is 0. The molecular formula is C34H40N2O4. The number of carbonyl (C=O) groups excluding carboxylic acids is 3. The number of ketones is 2. The number of Topliss-reactive ketones (excluding diaryl/α,β-unsaturated/α-hetero) is 2. The van der Waals surface area contributed by atoms with Gasteiger partial charge in [-0.25, -0.2) is 0 Å². The summed E-state index contributed by atoms with van der Waals surface area (Å²) in [5.74, 6) is 0.206. The minimum atomic E-state index is -0.376. The van der Waals surface area contributed by atoms with Crippen molar-refractivity contribution in [3.8, 4) is 5.75 Å². The number of aryl methyl sites for hydroxylation is 1. The van der Waals surface area contributed by atoms with Gasteiger partial charge in [-0.1, -0.05) is 57.5 Å². The van der Waals surface area contributed by atoms with E-state index < -0.39 is 0 Å². The van der Waals surface area contributed by atoms with Gasteiger partial charge in [0.25, 0.3) is 5.91 Å². The van der Waals surface area contributed by atoms with Gasteiger partial charge in [-0.15, -0.1) is 0 Å². The maximum atomic E-state index is 13.7. The number of nitrogens with zero attached hydrogens (tertiary/aromatic N) is 1. The Morgan fingerprint density at radius 2 is 1.38 bits per heavy atom. The molecular weight excluding hydrogens is 500 g/mol. The van der Waals surface area contributed by atoms with Crippen molar-refractivity contribution in [3.05, 3.63) is 82.2 Å². The third kappa shape index (κ3) is 5.49. The van der Waals surface area contributed by atoms with Crippen LogP contribution in [0.25, 0.3) is 0 Å². The molecule has 1 amide bonds. The number of nitrogens with one attached hydrogen (secondary N) is 1. The number of allylic oxidation sites excluding steroid dienone is 4. The summed E-state index contributed by atoms with van der Waals surface area (Å²) in [7, 11) is 0. The molecule has 1 aliphatic heterocycles. The standard InChI is InChI=1S/C34H40N2O4/c1-7-36-25-16-33(3,4)18-27(37)31(25)30(32-26(36)17-34(5,6)19-28(32)38)22-10-14-24(15-11-22)40-20-29(39)35-23-12-8-21(2)9-13-23/h8-15,30H,7,16-20H2,1-6H3,(H,35,39). The second-order valence-electron chi connectivity index (χ2n) is 13.1. The van der Waals surface area contributed by atoms with Crippen molar-refractivity contribution in [2.45, 2.75) is 73.1 Å². The number of rotatable bonds is 6. The van der Waals surface area contributed by atoms with Crippen LogP contribution in [0.5, 0.6) is 5.75 Å². The first kappa shape index (κ1) is 27.9. The van der Waals surface area contributed by atoms with E-state index in [1.54, 1.807) is 0 Å². The van der Waals surface area contributed by atoms with E-state index in [0.717, 1.165) is 58.7 Å². The molecule has 1 heterocycles. The summed E-state index contributed by atoms with van der Waals surface area (Å²) in [4.78, 5) is 42.1. The summed E-state index contributed by atoms with van der Waals surface area (Å²) in [5.41, 5.74) is 6.21. The minimum absolute atomic E-state index is 0.117. The zero-order chi connectivity index (χ0) is 28.8. The van der Waals surface area contributed by atoms with Crippen LogP contribution >= 0.6 is 0 Å². The molecule has 40 heavy (non-hydrogen) atoms. The molecule has 1 N–H and O–H groups in total. The summed E-state index contributed by atoms with van der Waals surface area (Å²) in [6.45, 7) is 13.3. The molecule has 0 atom stereocenters. The smallest absolute Gasteiger partial charge is 0.262 e. The molecule has 3 aliphatic rings. The van der Waals surface area contributed by atoms with Gasteiger partial charge in [0, 0.05) is 53.5 Å². The van der Waals surface area contributed by atoms with Crippen LogP contribution < -0.4 is 10.1 Å². The highest BCUT2D eigenvalue weighted by molar-refractivity contribution is 6.06. The molecule has 0 unspecified atom stereocenters. The third-order valence-corrected chi connectivity index (χ3v) is 8.26. The molecule has 0 saturated heterocycles. The number of amides is 1. The van der Waals surface area contributed by atoms with E-state index in [2.05, 4.69) is 44.8 Å². The second kappa shape index (κ2) is 10.4. The Bertz CT molecular complexity index is 1360. The fourth-order valence-electron chi connectivity index (χ4n) is 6.50. The molecule has 6 nitrogen and oxygen atoms in total. The molecule has 0 aromatic heterocycles. The zero-order valence-electron chi connectivity index (χ0n) is 24.5. The lowest BCUT2D eigenvalue weighted by atomic mass is 9.63. The first-order chi connectivity index (χ1) is 18.9. The second-order valence-corrected chi connectivity index (χ2v) is 13.1. The van der Waals surface area contributed by atoms with Gasteiger partial charge in [0.15, 0.2) is 18.2 Å². The predicted molar refractivity (Wildman–Crippen MR) is 157 cm³/mol. The van der Waals surface area contributed by atoms with Gasteiger partial charge in [0.1, 0.15) is 5.75 Å². The Labute approximate surface area is 237 Å². The van der Waals surface area contributed by atoms with Crippen molar-refractivity contribution in [2.75, 3.05) is 18.5 Å². The molecule has 5 rings (SSSR count). The summed E-state index contributed by atoms with van der Waals surface area (Å²) in [6.07, 6.45) is 2.56. The van der Waals surface area contributed by atoms with Crippen molar-refractivity contribution in [2.24, 2.45) is 10.8 Å². The van der Waals surface area contributed by atoms with E-state index in [9.17, 15) is 14.4 Å². The molecule has 0 saturated carbocycles. The maximum absolute atomic E-state index is 13.7. The number of carbonyl (C=O) groups is 3. The molecule has 0 fully saturated rings. The van der Waals surface area contributed by atoms with Gasteiger partial charge >= 0.3 is 0 Å². The fourth-order valence-corrected chi connectivity index (χ4v) is 6.50. The van der Waals surface area contributed by atoms with Crippen LogP contribution in [0.15, 0.2) is 71.1 Å². The average molecular weight is 541 g/mol. The molecule has 210 valence electrons. The van der Waals surface area contributed by atoms with E-state index in [1.807, 2.05) is 55.5 Å². The predicted octanol–water partition coefficient (Wildman–Crippen LogP) is 6.72. The number of benzene rings is 2. The topological polar surface area (TPSA) is 75.7 Å². The normalized spacial score (nSPS) is 20.3. The fraction of sp³-hybridized carbons (Fsp3) is 0.441. The van der Waals surface area contributed by atoms with Crippen LogP contribution in [0.4, 0.5) is 5.69 Å². The van der Waals surface area contributed by atoms with E-state index >= 15 is 0 Å². The van der Waals surface area contributed by atoms with Gasteiger partial charge in [-0.2, -0.15) is 0 Å². The quantitative estimate of drug-likeness (QED) is 0.440. The molecule has 2 aromatic carbocycles. The first-order valence-electron chi connectivity index (χ1n) is 14.3.